The fraction of sp³-hybridized carbons (Fsp3) is 0.304. The Morgan fingerprint density at radius 1 is 0.929 bits per heavy atom. The number of benzene rings is 2. The first kappa shape index (κ1) is 18.4. The van der Waals surface area contributed by atoms with E-state index in [0.717, 1.165) is 62.4 Å². The van der Waals surface area contributed by atoms with Crippen LogP contribution >= 0.6 is 0 Å². The molecule has 1 fully saturated rings. The molecule has 0 atom stereocenters. The maximum absolute atomic E-state index is 5.52. The number of hydrogen-bond acceptors (Lipinski definition) is 5. The molecule has 0 saturated carbocycles. The van der Waals surface area contributed by atoms with Gasteiger partial charge in [0.15, 0.2) is 0 Å². The van der Waals surface area contributed by atoms with Gasteiger partial charge in [0.05, 0.1) is 18.9 Å². The van der Waals surface area contributed by atoms with Crippen LogP contribution < -0.4 is 9.80 Å². The van der Waals surface area contributed by atoms with Gasteiger partial charge < -0.3 is 14.5 Å². The summed E-state index contributed by atoms with van der Waals surface area (Å²) in [5.41, 5.74) is 3.32. The summed E-state index contributed by atoms with van der Waals surface area (Å²) in [5.74, 6) is 1.74. The molecule has 1 aliphatic rings. The Hall–Kier alpha value is -2.92. The highest BCUT2D eigenvalue weighted by Crippen LogP contribution is 2.26. The normalized spacial score (nSPS) is 14.1. The van der Waals surface area contributed by atoms with Crippen LogP contribution in [0.4, 0.5) is 11.8 Å². The zero-order valence-electron chi connectivity index (χ0n) is 16.3. The lowest BCUT2D eigenvalue weighted by Gasteiger charge is -2.29. The lowest BCUT2D eigenvalue weighted by molar-refractivity contribution is 0.122. The van der Waals surface area contributed by atoms with Gasteiger partial charge >= 0.3 is 0 Å². The summed E-state index contributed by atoms with van der Waals surface area (Å²) in [5, 5.41) is 0. The van der Waals surface area contributed by atoms with Gasteiger partial charge in [-0.05, 0) is 12.5 Å². The molecule has 1 aliphatic heterocycles. The van der Waals surface area contributed by atoms with Crippen LogP contribution in [0.15, 0.2) is 66.7 Å². The zero-order chi connectivity index (χ0) is 19.2. The van der Waals surface area contributed by atoms with Crippen molar-refractivity contribution in [2.45, 2.75) is 13.5 Å². The van der Waals surface area contributed by atoms with Gasteiger partial charge in [-0.15, -0.1) is 0 Å². The Morgan fingerprint density at radius 2 is 1.61 bits per heavy atom. The number of hydrogen-bond donors (Lipinski definition) is 0. The second-order valence-corrected chi connectivity index (χ2v) is 6.88. The van der Waals surface area contributed by atoms with Crippen molar-refractivity contribution in [2.75, 3.05) is 42.6 Å². The summed E-state index contributed by atoms with van der Waals surface area (Å²) < 4.78 is 5.52. The number of rotatable bonds is 6. The summed E-state index contributed by atoms with van der Waals surface area (Å²) >= 11 is 0. The highest BCUT2D eigenvalue weighted by Gasteiger charge is 2.18. The third-order valence-corrected chi connectivity index (χ3v) is 4.99. The standard InChI is InChI=1S/C23H26N4O/c1-2-26(18-19-9-5-3-6-10-19)23-24-21(20-11-7-4-8-12-20)17-22(25-23)27-13-15-28-16-14-27/h3-12,17H,2,13-16,18H2,1H3. The van der Waals surface area contributed by atoms with Crippen molar-refractivity contribution in [1.29, 1.82) is 0 Å². The topological polar surface area (TPSA) is 41.5 Å². The Balaban J connectivity index is 1.71. The van der Waals surface area contributed by atoms with Crippen molar-refractivity contribution in [3.8, 4) is 11.3 Å². The van der Waals surface area contributed by atoms with Crippen LogP contribution in [0.25, 0.3) is 11.3 Å². The highest BCUT2D eigenvalue weighted by atomic mass is 16.5. The van der Waals surface area contributed by atoms with Crippen LogP contribution in [0.1, 0.15) is 12.5 Å². The van der Waals surface area contributed by atoms with Crippen LogP contribution in [0.3, 0.4) is 0 Å². The number of morpholine rings is 1. The number of ether oxygens (including phenoxy) is 1. The van der Waals surface area contributed by atoms with E-state index in [9.17, 15) is 0 Å². The van der Waals surface area contributed by atoms with Crippen LogP contribution in [0.5, 0.6) is 0 Å². The molecular formula is C23H26N4O. The van der Waals surface area contributed by atoms with Crippen molar-refractivity contribution in [1.82, 2.24) is 9.97 Å². The molecule has 0 radical (unpaired) electrons. The number of aromatic nitrogens is 2. The molecule has 2 aromatic carbocycles. The highest BCUT2D eigenvalue weighted by molar-refractivity contribution is 5.65. The third kappa shape index (κ3) is 4.31. The quantitative estimate of drug-likeness (QED) is 0.652. The van der Waals surface area contributed by atoms with E-state index in [1.807, 2.05) is 24.3 Å². The second-order valence-electron chi connectivity index (χ2n) is 6.88. The van der Waals surface area contributed by atoms with Crippen molar-refractivity contribution >= 4 is 11.8 Å². The van der Waals surface area contributed by atoms with Gasteiger partial charge in [0.1, 0.15) is 5.82 Å². The van der Waals surface area contributed by atoms with E-state index in [0.29, 0.717) is 0 Å². The van der Waals surface area contributed by atoms with Gasteiger partial charge in [0, 0.05) is 37.8 Å². The second kappa shape index (κ2) is 8.85. The molecular weight excluding hydrogens is 348 g/mol. The number of nitrogens with zero attached hydrogens (tertiary/aromatic N) is 4. The lowest BCUT2D eigenvalue weighted by atomic mass is 10.1. The summed E-state index contributed by atoms with van der Waals surface area (Å²) in [4.78, 5) is 14.4. The van der Waals surface area contributed by atoms with Crippen LogP contribution in [0.2, 0.25) is 0 Å². The van der Waals surface area contributed by atoms with E-state index in [-0.39, 0.29) is 0 Å². The monoisotopic (exact) mass is 374 g/mol. The van der Waals surface area contributed by atoms with Gasteiger partial charge in [0.25, 0.3) is 0 Å². The SMILES string of the molecule is CCN(Cc1ccccc1)c1nc(-c2ccccc2)cc(N2CCOCC2)n1. The van der Waals surface area contributed by atoms with Gasteiger partial charge in [-0.25, -0.2) is 4.98 Å². The minimum atomic E-state index is 0.738. The van der Waals surface area contributed by atoms with Crippen LogP contribution in [0, 0.1) is 0 Å². The van der Waals surface area contributed by atoms with Gasteiger partial charge in [-0.1, -0.05) is 60.7 Å². The largest absolute Gasteiger partial charge is 0.378 e. The van der Waals surface area contributed by atoms with E-state index < -0.39 is 0 Å². The molecule has 0 amide bonds. The first-order valence-electron chi connectivity index (χ1n) is 9.89. The fourth-order valence-corrected chi connectivity index (χ4v) is 3.40. The van der Waals surface area contributed by atoms with Crippen molar-refractivity contribution < 1.29 is 4.74 Å². The minimum Gasteiger partial charge on any atom is -0.378 e. The van der Waals surface area contributed by atoms with Gasteiger partial charge in [-0.2, -0.15) is 4.98 Å². The van der Waals surface area contributed by atoms with Crippen molar-refractivity contribution in [2.24, 2.45) is 0 Å². The molecule has 5 heteroatoms. The summed E-state index contributed by atoms with van der Waals surface area (Å²) in [6.07, 6.45) is 0. The molecule has 1 aromatic heterocycles. The zero-order valence-corrected chi connectivity index (χ0v) is 16.3. The Labute approximate surface area is 166 Å². The summed E-state index contributed by atoms with van der Waals surface area (Å²) in [6, 6.07) is 22.9. The predicted molar refractivity (Wildman–Crippen MR) is 114 cm³/mol. The van der Waals surface area contributed by atoms with Gasteiger partial charge in [0.2, 0.25) is 5.95 Å². The van der Waals surface area contributed by atoms with E-state index in [1.165, 1.54) is 5.56 Å². The van der Waals surface area contributed by atoms with E-state index >= 15 is 0 Å². The summed E-state index contributed by atoms with van der Waals surface area (Å²) in [6.45, 7) is 6.97. The fourth-order valence-electron chi connectivity index (χ4n) is 3.40. The lowest BCUT2D eigenvalue weighted by Crippen LogP contribution is -2.37. The van der Waals surface area contributed by atoms with E-state index in [4.69, 9.17) is 14.7 Å². The average molecular weight is 374 g/mol. The van der Waals surface area contributed by atoms with E-state index in [1.54, 1.807) is 0 Å². The van der Waals surface area contributed by atoms with Gasteiger partial charge in [-0.3, -0.25) is 0 Å². The first-order chi connectivity index (χ1) is 13.8. The molecule has 0 bridgehead atoms. The Bertz CT molecular complexity index is 880. The molecule has 0 unspecified atom stereocenters. The molecule has 4 rings (SSSR count). The maximum Gasteiger partial charge on any atom is 0.228 e. The predicted octanol–water partition coefficient (Wildman–Crippen LogP) is 4.01. The Kier molecular flexibility index (Phi) is 5.83. The van der Waals surface area contributed by atoms with Crippen molar-refractivity contribution in [3.05, 3.63) is 72.3 Å². The molecule has 144 valence electrons. The average Bonchev–Trinajstić information content (AvgIpc) is 2.79. The molecule has 2 heterocycles. The molecule has 0 aliphatic carbocycles. The molecule has 0 N–H and O–H groups in total. The Morgan fingerprint density at radius 3 is 2.29 bits per heavy atom. The van der Waals surface area contributed by atoms with Crippen LogP contribution in [-0.4, -0.2) is 42.8 Å². The molecule has 5 nitrogen and oxygen atoms in total. The van der Waals surface area contributed by atoms with Crippen molar-refractivity contribution in [3.63, 3.8) is 0 Å². The minimum absolute atomic E-state index is 0.738. The first-order valence-corrected chi connectivity index (χ1v) is 9.89. The molecule has 28 heavy (non-hydrogen) atoms. The molecule has 1 saturated heterocycles. The maximum atomic E-state index is 5.52. The third-order valence-electron chi connectivity index (χ3n) is 4.99. The molecule has 3 aromatic rings. The van der Waals surface area contributed by atoms with Crippen LogP contribution in [-0.2, 0) is 11.3 Å². The summed E-state index contributed by atoms with van der Waals surface area (Å²) in [7, 11) is 0. The van der Waals surface area contributed by atoms with E-state index in [2.05, 4.69) is 59.2 Å². The molecule has 0 spiro atoms. The smallest absolute Gasteiger partial charge is 0.228 e. The number of anilines is 2.